The monoisotopic (exact) mass is 262 g/mol. The molecule has 0 N–H and O–H groups in total. The SMILES string of the molecule is CCOC(=O)C(=O)c1ccc(OC)c2oc(C)cc12. The predicted octanol–water partition coefficient (Wildman–Crippen LogP) is 2.50. The zero-order valence-electron chi connectivity index (χ0n) is 11.0. The normalized spacial score (nSPS) is 10.5. The van der Waals surface area contributed by atoms with Gasteiger partial charge >= 0.3 is 5.97 Å². The molecular weight excluding hydrogens is 248 g/mol. The Morgan fingerprint density at radius 1 is 1.32 bits per heavy atom. The van der Waals surface area contributed by atoms with Crippen LogP contribution in [0, 0.1) is 6.92 Å². The Hall–Kier alpha value is -2.30. The maximum atomic E-state index is 12.0. The van der Waals surface area contributed by atoms with Gasteiger partial charge in [-0.25, -0.2) is 4.79 Å². The summed E-state index contributed by atoms with van der Waals surface area (Å²) in [6, 6.07) is 4.83. The summed E-state index contributed by atoms with van der Waals surface area (Å²) >= 11 is 0. The van der Waals surface area contributed by atoms with Crippen molar-refractivity contribution in [3.63, 3.8) is 0 Å². The van der Waals surface area contributed by atoms with Gasteiger partial charge < -0.3 is 13.9 Å². The molecule has 0 amide bonds. The highest BCUT2D eigenvalue weighted by Crippen LogP contribution is 2.31. The maximum absolute atomic E-state index is 12.0. The summed E-state index contributed by atoms with van der Waals surface area (Å²) in [4.78, 5) is 23.5. The van der Waals surface area contributed by atoms with Gasteiger partial charge in [0.2, 0.25) is 0 Å². The minimum absolute atomic E-state index is 0.161. The molecule has 2 aromatic rings. The molecule has 5 nitrogen and oxygen atoms in total. The van der Waals surface area contributed by atoms with Gasteiger partial charge in [0, 0.05) is 10.9 Å². The molecule has 0 spiro atoms. The Labute approximate surface area is 110 Å². The first-order valence-corrected chi connectivity index (χ1v) is 5.87. The fourth-order valence-electron chi connectivity index (χ4n) is 1.89. The molecule has 2 rings (SSSR count). The summed E-state index contributed by atoms with van der Waals surface area (Å²) in [5.74, 6) is -0.399. The topological polar surface area (TPSA) is 65.7 Å². The number of furan rings is 1. The summed E-state index contributed by atoms with van der Waals surface area (Å²) in [7, 11) is 1.51. The fraction of sp³-hybridized carbons (Fsp3) is 0.286. The van der Waals surface area contributed by atoms with E-state index >= 15 is 0 Å². The number of hydrogen-bond acceptors (Lipinski definition) is 5. The molecule has 5 heteroatoms. The number of aryl methyl sites for hydroxylation is 1. The van der Waals surface area contributed by atoms with E-state index in [9.17, 15) is 9.59 Å². The van der Waals surface area contributed by atoms with E-state index in [1.165, 1.54) is 13.2 Å². The lowest BCUT2D eigenvalue weighted by Crippen LogP contribution is -2.17. The van der Waals surface area contributed by atoms with Crippen LogP contribution in [0.1, 0.15) is 23.0 Å². The van der Waals surface area contributed by atoms with Gasteiger partial charge in [-0.05, 0) is 32.0 Å². The zero-order valence-corrected chi connectivity index (χ0v) is 11.0. The van der Waals surface area contributed by atoms with Crippen LogP contribution in [0.4, 0.5) is 0 Å². The lowest BCUT2D eigenvalue weighted by atomic mass is 10.1. The highest BCUT2D eigenvalue weighted by molar-refractivity contribution is 6.43. The first kappa shape index (κ1) is 13.1. The Morgan fingerprint density at radius 2 is 2.05 bits per heavy atom. The van der Waals surface area contributed by atoms with Gasteiger partial charge in [-0.3, -0.25) is 4.79 Å². The van der Waals surface area contributed by atoms with Gasteiger partial charge in [0.05, 0.1) is 13.7 Å². The lowest BCUT2D eigenvalue weighted by molar-refractivity contribution is -0.137. The van der Waals surface area contributed by atoms with E-state index in [0.717, 1.165) is 0 Å². The average Bonchev–Trinajstić information content (AvgIpc) is 2.78. The quantitative estimate of drug-likeness (QED) is 0.481. The Kier molecular flexibility index (Phi) is 3.55. The van der Waals surface area contributed by atoms with E-state index in [1.807, 2.05) is 0 Å². The number of esters is 1. The molecule has 1 heterocycles. The van der Waals surface area contributed by atoms with Gasteiger partial charge in [0.1, 0.15) is 5.76 Å². The lowest BCUT2D eigenvalue weighted by Gasteiger charge is -2.05. The first-order valence-electron chi connectivity index (χ1n) is 5.87. The molecule has 0 atom stereocenters. The van der Waals surface area contributed by atoms with Crippen LogP contribution < -0.4 is 4.74 Å². The van der Waals surface area contributed by atoms with Crippen molar-refractivity contribution < 1.29 is 23.5 Å². The minimum Gasteiger partial charge on any atom is -0.493 e. The van der Waals surface area contributed by atoms with E-state index in [0.29, 0.717) is 22.5 Å². The summed E-state index contributed by atoms with van der Waals surface area (Å²) in [6.07, 6.45) is 0. The zero-order chi connectivity index (χ0) is 14.0. The third kappa shape index (κ3) is 2.31. The second-order valence-electron chi connectivity index (χ2n) is 3.96. The number of benzene rings is 1. The van der Waals surface area contributed by atoms with Gasteiger partial charge in [-0.1, -0.05) is 0 Å². The smallest absolute Gasteiger partial charge is 0.379 e. The Morgan fingerprint density at radius 3 is 2.68 bits per heavy atom. The number of carbonyl (C=O) groups is 2. The molecule has 0 radical (unpaired) electrons. The molecule has 0 aliphatic carbocycles. The van der Waals surface area contributed by atoms with Gasteiger partial charge in [-0.2, -0.15) is 0 Å². The third-order valence-electron chi connectivity index (χ3n) is 2.70. The second kappa shape index (κ2) is 5.14. The van der Waals surface area contributed by atoms with Crippen molar-refractivity contribution in [3.8, 4) is 5.75 Å². The van der Waals surface area contributed by atoms with Crippen LogP contribution in [0.25, 0.3) is 11.0 Å². The molecule has 0 unspecified atom stereocenters. The van der Waals surface area contributed by atoms with E-state index in [4.69, 9.17) is 13.9 Å². The number of carbonyl (C=O) groups excluding carboxylic acids is 2. The van der Waals surface area contributed by atoms with Crippen molar-refractivity contribution >= 4 is 22.7 Å². The molecule has 0 saturated heterocycles. The van der Waals surface area contributed by atoms with Crippen molar-refractivity contribution in [2.45, 2.75) is 13.8 Å². The van der Waals surface area contributed by atoms with E-state index in [-0.39, 0.29) is 12.2 Å². The Bertz CT molecular complexity index is 639. The largest absolute Gasteiger partial charge is 0.493 e. The molecular formula is C14H14O5. The van der Waals surface area contributed by atoms with Crippen LogP contribution in [0.3, 0.4) is 0 Å². The highest BCUT2D eigenvalue weighted by atomic mass is 16.5. The van der Waals surface area contributed by atoms with Gasteiger partial charge in [0.15, 0.2) is 11.3 Å². The van der Waals surface area contributed by atoms with Crippen LogP contribution in [0.15, 0.2) is 22.6 Å². The second-order valence-corrected chi connectivity index (χ2v) is 3.96. The molecule has 1 aromatic heterocycles. The molecule has 1 aromatic carbocycles. The van der Waals surface area contributed by atoms with E-state index in [2.05, 4.69) is 0 Å². The third-order valence-corrected chi connectivity index (χ3v) is 2.70. The van der Waals surface area contributed by atoms with Gasteiger partial charge in [0.25, 0.3) is 5.78 Å². The number of fused-ring (bicyclic) bond motifs is 1. The summed E-state index contributed by atoms with van der Waals surface area (Å²) < 4.78 is 15.4. The molecule has 0 saturated carbocycles. The van der Waals surface area contributed by atoms with Crippen LogP contribution >= 0.6 is 0 Å². The van der Waals surface area contributed by atoms with Crippen molar-refractivity contribution in [1.82, 2.24) is 0 Å². The Balaban J connectivity index is 2.56. The number of rotatable bonds is 4. The first-order chi connectivity index (χ1) is 9.08. The highest BCUT2D eigenvalue weighted by Gasteiger charge is 2.22. The van der Waals surface area contributed by atoms with Crippen molar-refractivity contribution in [2.75, 3.05) is 13.7 Å². The number of methoxy groups -OCH3 is 1. The number of ketones is 1. The molecule has 0 fully saturated rings. The van der Waals surface area contributed by atoms with E-state index < -0.39 is 11.8 Å². The minimum atomic E-state index is -0.868. The average molecular weight is 262 g/mol. The molecule has 100 valence electrons. The number of ether oxygens (including phenoxy) is 2. The number of Topliss-reactive ketones (excluding diaryl/α,β-unsaturated/α-hetero) is 1. The summed E-state index contributed by atoms with van der Waals surface area (Å²) in [6.45, 7) is 3.57. The van der Waals surface area contributed by atoms with Crippen molar-refractivity contribution in [2.24, 2.45) is 0 Å². The van der Waals surface area contributed by atoms with Crippen LogP contribution in [0.5, 0.6) is 5.75 Å². The predicted molar refractivity (Wildman–Crippen MR) is 68.5 cm³/mol. The standard InChI is InChI=1S/C14H14O5/c1-4-18-14(16)12(15)9-5-6-11(17-3)13-10(9)7-8(2)19-13/h5-7H,4H2,1-3H3. The van der Waals surface area contributed by atoms with E-state index in [1.54, 1.807) is 26.0 Å². The van der Waals surface area contributed by atoms with Crippen LogP contribution in [-0.4, -0.2) is 25.5 Å². The summed E-state index contributed by atoms with van der Waals surface area (Å²) in [5.41, 5.74) is 0.709. The maximum Gasteiger partial charge on any atom is 0.379 e. The number of hydrogen-bond donors (Lipinski definition) is 0. The summed E-state index contributed by atoms with van der Waals surface area (Å²) in [5, 5.41) is 0.551. The van der Waals surface area contributed by atoms with Crippen molar-refractivity contribution in [3.05, 3.63) is 29.5 Å². The molecule has 19 heavy (non-hydrogen) atoms. The van der Waals surface area contributed by atoms with Crippen LogP contribution in [-0.2, 0) is 9.53 Å². The molecule has 0 bridgehead atoms. The van der Waals surface area contributed by atoms with Crippen molar-refractivity contribution in [1.29, 1.82) is 0 Å². The molecule has 0 aliphatic rings. The molecule has 0 aliphatic heterocycles. The van der Waals surface area contributed by atoms with Gasteiger partial charge in [-0.15, -0.1) is 0 Å². The van der Waals surface area contributed by atoms with Crippen LogP contribution in [0.2, 0.25) is 0 Å². The fourth-order valence-corrected chi connectivity index (χ4v) is 1.89.